The summed E-state index contributed by atoms with van der Waals surface area (Å²) in [5, 5.41) is -0.120. The fourth-order valence-electron chi connectivity index (χ4n) is 1.59. The van der Waals surface area contributed by atoms with E-state index in [1.54, 1.807) is 24.3 Å². The van der Waals surface area contributed by atoms with Crippen LogP contribution in [0.5, 0.6) is 0 Å². The number of fused-ring (bicyclic) bond motifs is 1. The van der Waals surface area contributed by atoms with Crippen molar-refractivity contribution in [3.05, 3.63) is 29.8 Å². The van der Waals surface area contributed by atoms with Gasteiger partial charge in [0.05, 0.1) is 10.6 Å². The molecule has 0 saturated carbocycles. The molecule has 3 nitrogen and oxygen atoms in total. The second kappa shape index (κ2) is 3.61. The zero-order valence-electron chi connectivity index (χ0n) is 8.14. The summed E-state index contributed by atoms with van der Waals surface area (Å²) in [4.78, 5) is 0.289. The smallest absolute Gasteiger partial charge is 0.199 e. The highest BCUT2D eigenvalue weighted by molar-refractivity contribution is 7.90. The van der Waals surface area contributed by atoms with E-state index in [9.17, 15) is 8.42 Å². The maximum atomic E-state index is 11.6. The summed E-state index contributed by atoms with van der Waals surface area (Å²) in [6.45, 7) is 1.82. The predicted octanol–water partition coefficient (Wildman–Crippen LogP) is 2.20. The van der Waals surface area contributed by atoms with Crippen LogP contribution in [-0.2, 0) is 10.0 Å². The first-order valence-electron chi connectivity index (χ1n) is 4.58. The molecule has 0 spiro atoms. The molecule has 0 amide bonds. The maximum absolute atomic E-state index is 11.6. The number of hydrogen-bond acceptors (Lipinski definition) is 2. The van der Waals surface area contributed by atoms with E-state index in [2.05, 4.69) is 4.40 Å². The van der Waals surface area contributed by atoms with Gasteiger partial charge >= 0.3 is 0 Å². The molecule has 1 aliphatic rings. The minimum absolute atomic E-state index is 0.120. The Bertz CT molecular complexity index is 520. The van der Waals surface area contributed by atoms with Crippen molar-refractivity contribution >= 4 is 27.3 Å². The summed E-state index contributed by atoms with van der Waals surface area (Å²) >= 11 is 5.84. The molecule has 5 heteroatoms. The predicted molar refractivity (Wildman–Crippen MR) is 60.1 cm³/mol. The lowest BCUT2D eigenvalue weighted by atomic mass is 10.1. The number of halogens is 1. The van der Waals surface area contributed by atoms with Gasteiger partial charge in [-0.05, 0) is 13.0 Å². The minimum atomic E-state index is -3.47. The molecular formula is C10H10ClNO2S. The molecule has 1 unspecified atom stereocenters. The molecule has 80 valence electrons. The third-order valence-electron chi connectivity index (χ3n) is 2.18. The first kappa shape index (κ1) is 10.6. The van der Waals surface area contributed by atoms with E-state index in [4.69, 9.17) is 11.6 Å². The number of benzene rings is 1. The molecule has 0 aromatic heterocycles. The fraction of sp³-hybridized carbons (Fsp3) is 0.300. The second-order valence-corrected chi connectivity index (χ2v) is 5.81. The zero-order chi connectivity index (χ0) is 11.1. The monoisotopic (exact) mass is 243 g/mol. The molecule has 0 radical (unpaired) electrons. The number of alkyl halides is 1. The molecule has 0 bridgehead atoms. The van der Waals surface area contributed by atoms with E-state index in [-0.39, 0.29) is 10.3 Å². The lowest BCUT2D eigenvalue weighted by Crippen LogP contribution is -2.04. The average Bonchev–Trinajstić information content (AvgIpc) is 2.39. The fourth-order valence-corrected chi connectivity index (χ4v) is 3.01. The molecule has 1 aromatic rings. The first-order valence-corrected chi connectivity index (χ1v) is 6.45. The Morgan fingerprint density at radius 2 is 2.07 bits per heavy atom. The van der Waals surface area contributed by atoms with Gasteiger partial charge in [0, 0.05) is 17.4 Å². The van der Waals surface area contributed by atoms with Crippen molar-refractivity contribution in [2.45, 2.75) is 23.6 Å². The van der Waals surface area contributed by atoms with Crippen LogP contribution in [0.1, 0.15) is 18.9 Å². The Hall–Kier alpha value is -0.870. The van der Waals surface area contributed by atoms with E-state index < -0.39 is 10.0 Å². The normalized spacial score (nSPS) is 19.5. The summed E-state index contributed by atoms with van der Waals surface area (Å²) in [7, 11) is -3.47. The second-order valence-electron chi connectivity index (χ2n) is 3.49. The Labute approximate surface area is 93.8 Å². The van der Waals surface area contributed by atoms with E-state index in [0.29, 0.717) is 17.7 Å². The van der Waals surface area contributed by atoms with Gasteiger partial charge in [-0.2, -0.15) is 12.8 Å². The van der Waals surface area contributed by atoms with Crippen LogP contribution in [0.3, 0.4) is 0 Å². The van der Waals surface area contributed by atoms with Crippen molar-refractivity contribution < 1.29 is 8.42 Å². The maximum Gasteiger partial charge on any atom is 0.283 e. The van der Waals surface area contributed by atoms with E-state index in [0.717, 1.165) is 0 Å². The van der Waals surface area contributed by atoms with Crippen molar-refractivity contribution in [2.24, 2.45) is 4.40 Å². The van der Waals surface area contributed by atoms with Crippen LogP contribution in [0, 0.1) is 0 Å². The molecule has 2 rings (SSSR count). The number of hydrogen-bond donors (Lipinski definition) is 0. The Balaban J connectivity index is 2.54. The van der Waals surface area contributed by atoms with Crippen LogP contribution in [0.4, 0.5) is 0 Å². The van der Waals surface area contributed by atoms with Gasteiger partial charge in [-0.1, -0.05) is 18.2 Å². The summed E-state index contributed by atoms with van der Waals surface area (Å²) in [6.07, 6.45) is 0.470. The Kier molecular flexibility index (Phi) is 2.56. The van der Waals surface area contributed by atoms with Crippen LogP contribution in [0.2, 0.25) is 0 Å². The van der Waals surface area contributed by atoms with Crippen LogP contribution >= 0.6 is 11.6 Å². The first-order chi connectivity index (χ1) is 7.00. The Morgan fingerprint density at radius 1 is 1.40 bits per heavy atom. The highest BCUT2D eigenvalue weighted by Gasteiger charge is 2.28. The molecule has 1 atom stereocenters. The highest BCUT2D eigenvalue weighted by atomic mass is 35.5. The van der Waals surface area contributed by atoms with Gasteiger partial charge < -0.3 is 0 Å². The third kappa shape index (κ3) is 1.92. The van der Waals surface area contributed by atoms with Gasteiger partial charge in [-0.15, -0.1) is 11.6 Å². The van der Waals surface area contributed by atoms with Gasteiger partial charge in [-0.25, -0.2) is 0 Å². The Morgan fingerprint density at radius 3 is 2.73 bits per heavy atom. The van der Waals surface area contributed by atoms with Crippen molar-refractivity contribution in [1.82, 2.24) is 0 Å². The van der Waals surface area contributed by atoms with Crippen molar-refractivity contribution in [1.29, 1.82) is 0 Å². The van der Waals surface area contributed by atoms with Crippen molar-refractivity contribution in [2.75, 3.05) is 0 Å². The van der Waals surface area contributed by atoms with Crippen molar-refractivity contribution in [3.63, 3.8) is 0 Å². The SMILES string of the molecule is CC(Cl)CC1=NS(=O)(=O)c2ccccc21. The molecular weight excluding hydrogens is 234 g/mol. The largest absolute Gasteiger partial charge is 0.283 e. The van der Waals surface area contributed by atoms with Crippen LogP contribution in [0.15, 0.2) is 33.6 Å². The number of sulfonamides is 1. The lowest BCUT2D eigenvalue weighted by molar-refractivity contribution is 0.599. The van der Waals surface area contributed by atoms with Gasteiger partial charge in [-0.3, -0.25) is 0 Å². The van der Waals surface area contributed by atoms with Gasteiger partial charge in [0.15, 0.2) is 0 Å². The third-order valence-corrected chi connectivity index (χ3v) is 3.71. The molecule has 1 aliphatic heterocycles. The number of nitrogens with zero attached hydrogens (tertiary/aromatic N) is 1. The summed E-state index contributed by atoms with van der Waals surface area (Å²) in [6, 6.07) is 6.82. The molecule has 0 fully saturated rings. The van der Waals surface area contributed by atoms with E-state index in [1.165, 1.54) is 0 Å². The zero-order valence-corrected chi connectivity index (χ0v) is 9.72. The van der Waals surface area contributed by atoms with Crippen LogP contribution < -0.4 is 0 Å². The molecule has 0 N–H and O–H groups in total. The quantitative estimate of drug-likeness (QED) is 0.748. The van der Waals surface area contributed by atoms with Gasteiger partial charge in [0.2, 0.25) is 0 Å². The molecule has 0 saturated heterocycles. The minimum Gasteiger partial charge on any atom is -0.199 e. The van der Waals surface area contributed by atoms with E-state index >= 15 is 0 Å². The van der Waals surface area contributed by atoms with Gasteiger partial charge in [0.1, 0.15) is 0 Å². The molecule has 0 aliphatic carbocycles. The molecule has 15 heavy (non-hydrogen) atoms. The highest BCUT2D eigenvalue weighted by Crippen LogP contribution is 2.28. The summed E-state index contributed by atoms with van der Waals surface area (Å²) in [5.74, 6) is 0. The average molecular weight is 244 g/mol. The van der Waals surface area contributed by atoms with Gasteiger partial charge in [0.25, 0.3) is 10.0 Å². The van der Waals surface area contributed by atoms with Crippen LogP contribution in [0.25, 0.3) is 0 Å². The van der Waals surface area contributed by atoms with Crippen molar-refractivity contribution in [3.8, 4) is 0 Å². The van der Waals surface area contributed by atoms with Crippen LogP contribution in [-0.4, -0.2) is 19.5 Å². The van der Waals surface area contributed by atoms with E-state index in [1.807, 2.05) is 6.92 Å². The molecule has 1 heterocycles. The lowest BCUT2D eigenvalue weighted by Gasteiger charge is -2.02. The standard InChI is InChI=1S/C10H10ClNO2S/c1-7(11)6-9-8-4-2-3-5-10(8)15(13,14)12-9/h2-5,7H,6H2,1H3. The number of rotatable bonds is 2. The topological polar surface area (TPSA) is 46.5 Å². The molecule has 1 aromatic carbocycles. The summed E-state index contributed by atoms with van der Waals surface area (Å²) in [5.41, 5.74) is 1.25. The summed E-state index contributed by atoms with van der Waals surface area (Å²) < 4.78 is 27.0.